The van der Waals surface area contributed by atoms with Gasteiger partial charge in [-0.25, -0.2) is 13.2 Å². The predicted octanol–water partition coefficient (Wildman–Crippen LogP) is -0.188. The molecule has 1 aromatic carbocycles. The molecule has 0 saturated heterocycles. The SMILES string of the molecule is COC(=O)C(NS(=O)(=O)CCO)c1ccccc1. The van der Waals surface area contributed by atoms with Gasteiger partial charge in [0.2, 0.25) is 10.0 Å². The molecule has 0 fully saturated rings. The predicted molar refractivity (Wildman–Crippen MR) is 65.2 cm³/mol. The molecule has 0 aliphatic heterocycles. The summed E-state index contributed by atoms with van der Waals surface area (Å²) in [5, 5.41) is 8.65. The molecular weight excluding hydrogens is 258 g/mol. The van der Waals surface area contributed by atoms with Gasteiger partial charge >= 0.3 is 5.97 Å². The van der Waals surface area contributed by atoms with Crippen LogP contribution in [0.5, 0.6) is 0 Å². The van der Waals surface area contributed by atoms with Crippen molar-refractivity contribution in [2.45, 2.75) is 6.04 Å². The fourth-order valence-electron chi connectivity index (χ4n) is 1.37. The van der Waals surface area contributed by atoms with Crippen molar-refractivity contribution in [3.05, 3.63) is 35.9 Å². The summed E-state index contributed by atoms with van der Waals surface area (Å²) in [4.78, 5) is 11.6. The Morgan fingerprint density at radius 1 is 1.39 bits per heavy atom. The minimum atomic E-state index is -3.73. The molecule has 1 unspecified atom stereocenters. The highest BCUT2D eigenvalue weighted by Crippen LogP contribution is 2.15. The van der Waals surface area contributed by atoms with Crippen LogP contribution in [0.4, 0.5) is 0 Å². The molecule has 0 bridgehead atoms. The Hall–Kier alpha value is -1.44. The maximum absolute atomic E-state index is 11.6. The number of nitrogens with one attached hydrogen (secondary N) is 1. The van der Waals surface area contributed by atoms with Crippen LogP contribution in [0, 0.1) is 0 Å². The zero-order valence-corrected chi connectivity index (χ0v) is 10.7. The van der Waals surface area contributed by atoms with Gasteiger partial charge in [0.25, 0.3) is 0 Å². The molecule has 0 heterocycles. The van der Waals surface area contributed by atoms with E-state index < -0.39 is 34.4 Å². The second-order valence-electron chi connectivity index (χ2n) is 3.53. The van der Waals surface area contributed by atoms with Crippen LogP contribution in [0.1, 0.15) is 11.6 Å². The van der Waals surface area contributed by atoms with Crippen LogP contribution >= 0.6 is 0 Å². The molecule has 6 nitrogen and oxygen atoms in total. The third-order valence-corrected chi connectivity index (χ3v) is 3.54. The minimum absolute atomic E-state index is 0.465. The van der Waals surface area contributed by atoms with Crippen LogP contribution in [-0.2, 0) is 19.6 Å². The van der Waals surface area contributed by atoms with Gasteiger partial charge in [0.05, 0.1) is 19.5 Å². The van der Waals surface area contributed by atoms with Crippen LogP contribution in [0.15, 0.2) is 30.3 Å². The average Bonchev–Trinajstić information content (AvgIpc) is 2.36. The standard InChI is InChI=1S/C11H15NO5S/c1-17-11(14)10(9-5-3-2-4-6-9)12-18(15,16)8-7-13/h2-6,10,12-13H,7-8H2,1H3. The molecule has 0 aromatic heterocycles. The van der Waals surface area contributed by atoms with E-state index in [9.17, 15) is 13.2 Å². The largest absolute Gasteiger partial charge is 0.468 e. The van der Waals surface area contributed by atoms with Crippen molar-refractivity contribution in [1.82, 2.24) is 4.72 Å². The molecule has 18 heavy (non-hydrogen) atoms. The normalized spacial score (nSPS) is 13.0. The lowest BCUT2D eigenvalue weighted by molar-refractivity contribution is -0.142. The number of carbonyl (C=O) groups excluding carboxylic acids is 1. The van der Waals surface area contributed by atoms with Crippen molar-refractivity contribution >= 4 is 16.0 Å². The van der Waals surface area contributed by atoms with Crippen LogP contribution in [0.3, 0.4) is 0 Å². The highest BCUT2D eigenvalue weighted by molar-refractivity contribution is 7.89. The summed E-state index contributed by atoms with van der Waals surface area (Å²) in [6.45, 7) is -0.516. The van der Waals surface area contributed by atoms with Gasteiger partial charge in [-0.2, -0.15) is 4.72 Å². The Morgan fingerprint density at radius 2 is 2.00 bits per heavy atom. The van der Waals surface area contributed by atoms with E-state index in [4.69, 9.17) is 5.11 Å². The number of ether oxygens (including phenoxy) is 1. The summed E-state index contributed by atoms with van der Waals surface area (Å²) < 4.78 is 29.9. The lowest BCUT2D eigenvalue weighted by Gasteiger charge is -2.16. The van der Waals surface area contributed by atoms with Crippen LogP contribution in [0.25, 0.3) is 0 Å². The zero-order chi connectivity index (χ0) is 13.6. The van der Waals surface area contributed by atoms with Gasteiger partial charge in [-0.1, -0.05) is 30.3 Å². The molecule has 1 aromatic rings. The second-order valence-corrected chi connectivity index (χ2v) is 5.40. The van der Waals surface area contributed by atoms with Crippen molar-refractivity contribution in [2.75, 3.05) is 19.5 Å². The average molecular weight is 273 g/mol. The molecule has 0 amide bonds. The molecule has 7 heteroatoms. The third kappa shape index (κ3) is 4.10. The Morgan fingerprint density at radius 3 is 2.50 bits per heavy atom. The van der Waals surface area contributed by atoms with Crippen molar-refractivity contribution in [2.24, 2.45) is 0 Å². The fraction of sp³-hybridized carbons (Fsp3) is 0.364. The van der Waals surface area contributed by atoms with Crippen molar-refractivity contribution < 1.29 is 23.1 Å². The Bertz CT molecular complexity index is 485. The fourth-order valence-corrected chi connectivity index (χ4v) is 2.32. The van der Waals surface area contributed by atoms with E-state index in [0.29, 0.717) is 5.56 Å². The first-order valence-corrected chi connectivity index (χ1v) is 6.89. The molecule has 0 spiro atoms. The maximum Gasteiger partial charge on any atom is 0.328 e. The second kappa shape index (κ2) is 6.48. The van der Waals surface area contributed by atoms with E-state index in [-0.39, 0.29) is 0 Å². The summed E-state index contributed by atoms with van der Waals surface area (Å²) in [6, 6.07) is 7.25. The quantitative estimate of drug-likeness (QED) is 0.701. The molecule has 0 saturated carbocycles. The number of hydrogen-bond donors (Lipinski definition) is 2. The first-order chi connectivity index (χ1) is 8.50. The van der Waals surface area contributed by atoms with Crippen LogP contribution < -0.4 is 4.72 Å². The molecule has 0 radical (unpaired) electrons. The summed E-state index contributed by atoms with van der Waals surface area (Å²) >= 11 is 0. The van der Waals surface area contributed by atoms with E-state index in [1.54, 1.807) is 30.3 Å². The number of aliphatic hydroxyl groups excluding tert-OH is 1. The van der Waals surface area contributed by atoms with Gasteiger partial charge in [-0.15, -0.1) is 0 Å². The molecule has 0 aliphatic rings. The first-order valence-electron chi connectivity index (χ1n) is 5.24. The molecule has 1 rings (SSSR count). The van der Waals surface area contributed by atoms with Gasteiger partial charge in [0, 0.05) is 0 Å². The maximum atomic E-state index is 11.6. The molecule has 0 aliphatic carbocycles. The molecule has 2 N–H and O–H groups in total. The Balaban J connectivity index is 2.98. The molecular formula is C11H15NO5S. The topological polar surface area (TPSA) is 92.7 Å². The lowest BCUT2D eigenvalue weighted by atomic mass is 10.1. The van der Waals surface area contributed by atoms with Gasteiger partial charge in [0.1, 0.15) is 6.04 Å². The van der Waals surface area contributed by atoms with Gasteiger partial charge in [0.15, 0.2) is 0 Å². The number of aliphatic hydroxyl groups is 1. The zero-order valence-electron chi connectivity index (χ0n) is 9.87. The molecule has 100 valence electrons. The number of carbonyl (C=O) groups is 1. The first kappa shape index (κ1) is 14.6. The minimum Gasteiger partial charge on any atom is -0.468 e. The highest BCUT2D eigenvalue weighted by atomic mass is 32.2. The van der Waals surface area contributed by atoms with Gasteiger partial charge < -0.3 is 9.84 Å². The number of sulfonamides is 1. The number of benzene rings is 1. The lowest BCUT2D eigenvalue weighted by Crippen LogP contribution is -2.36. The molecule has 1 atom stereocenters. The third-order valence-electron chi connectivity index (χ3n) is 2.23. The summed E-state index contributed by atoms with van der Waals surface area (Å²) in [7, 11) is -2.56. The smallest absolute Gasteiger partial charge is 0.328 e. The Kier molecular flexibility index (Phi) is 5.26. The number of esters is 1. The van der Waals surface area contributed by atoms with Crippen LogP contribution in [0.2, 0.25) is 0 Å². The number of methoxy groups -OCH3 is 1. The number of rotatable bonds is 6. The van der Waals surface area contributed by atoms with Crippen molar-refractivity contribution in [3.8, 4) is 0 Å². The summed E-state index contributed by atoms with van der Waals surface area (Å²) in [6.07, 6.45) is 0. The van der Waals surface area contributed by atoms with E-state index in [1.807, 2.05) is 0 Å². The van der Waals surface area contributed by atoms with E-state index in [0.717, 1.165) is 0 Å². The van der Waals surface area contributed by atoms with Crippen molar-refractivity contribution in [1.29, 1.82) is 0 Å². The summed E-state index contributed by atoms with van der Waals surface area (Å²) in [5.74, 6) is -1.17. The van der Waals surface area contributed by atoms with E-state index in [2.05, 4.69) is 9.46 Å². The van der Waals surface area contributed by atoms with Gasteiger partial charge in [-0.05, 0) is 5.56 Å². The monoisotopic (exact) mass is 273 g/mol. The van der Waals surface area contributed by atoms with Crippen LogP contribution in [-0.4, -0.2) is 39.0 Å². The summed E-state index contributed by atoms with van der Waals surface area (Å²) in [5.41, 5.74) is 0.478. The van der Waals surface area contributed by atoms with E-state index in [1.165, 1.54) is 7.11 Å². The Labute approximate surface area is 106 Å². The van der Waals surface area contributed by atoms with E-state index >= 15 is 0 Å². The number of hydrogen-bond acceptors (Lipinski definition) is 5. The van der Waals surface area contributed by atoms with Gasteiger partial charge in [-0.3, -0.25) is 0 Å². The van der Waals surface area contributed by atoms with Crippen molar-refractivity contribution in [3.63, 3.8) is 0 Å². The highest BCUT2D eigenvalue weighted by Gasteiger charge is 2.26.